The standard InChI is InChI=1S/C8H12N2O3/c1-2-3-9-7(11)6-10-4-5-13-8(10)12/h2H,1,3-6H2,(H,9,11). The third-order valence-electron chi connectivity index (χ3n) is 1.62. The molecule has 5 nitrogen and oxygen atoms in total. The largest absolute Gasteiger partial charge is 0.448 e. The average molecular weight is 184 g/mol. The third-order valence-corrected chi connectivity index (χ3v) is 1.62. The highest BCUT2D eigenvalue weighted by molar-refractivity contribution is 5.82. The molecule has 0 bridgehead atoms. The number of amides is 2. The van der Waals surface area contributed by atoms with Crippen molar-refractivity contribution in [1.82, 2.24) is 10.2 Å². The Morgan fingerprint density at radius 3 is 3.08 bits per heavy atom. The van der Waals surface area contributed by atoms with E-state index < -0.39 is 6.09 Å². The summed E-state index contributed by atoms with van der Waals surface area (Å²) in [5, 5.41) is 2.57. The molecule has 0 saturated carbocycles. The Kier molecular flexibility index (Phi) is 3.31. The van der Waals surface area contributed by atoms with Gasteiger partial charge in [-0.25, -0.2) is 4.79 Å². The van der Waals surface area contributed by atoms with Crippen LogP contribution in [0.2, 0.25) is 0 Å². The number of carbonyl (C=O) groups excluding carboxylic acids is 2. The van der Waals surface area contributed by atoms with Crippen molar-refractivity contribution in [3.05, 3.63) is 12.7 Å². The first-order valence-electron chi connectivity index (χ1n) is 4.03. The second kappa shape index (κ2) is 4.49. The van der Waals surface area contributed by atoms with Crippen LogP contribution in [0.1, 0.15) is 0 Å². The van der Waals surface area contributed by atoms with E-state index in [1.807, 2.05) is 0 Å². The Hall–Kier alpha value is -1.52. The zero-order valence-electron chi connectivity index (χ0n) is 7.28. The summed E-state index contributed by atoms with van der Waals surface area (Å²) in [7, 11) is 0. The predicted octanol–water partition coefficient (Wildman–Crippen LogP) is -0.259. The first kappa shape index (κ1) is 9.57. The van der Waals surface area contributed by atoms with E-state index >= 15 is 0 Å². The number of nitrogens with one attached hydrogen (secondary N) is 1. The van der Waals surface area contributed by atoms with E-state index in [1.165, 1.54) is 4.90 Å². The van der Waals surface area contributed by atoms with Gasteiger partial charge in [-0.15, -0.1) is 6.58 Å². The predicted molar refractivity (Wildman–Crippen MR) is 46.1 cm³/mol. The molecule has 1 fully saturated rings. The van der Waals surface area contributed by atoms with Crippen LogP contribution >= 0.6 is 0 Å². The number of carbonyl (C=O) groups is 2. The maximum Gasteiger partial charge on any atom is 0.410 e. The monoisotopic (exact) mass is 184 g/mol. The van der Waals surface area contributed by atoms with Gasteiger partial charge in [0.2, 0.25) is 5.91 Å². The third kappa shape index (κ3) is 2.77. The van der Waals surface area contributed by atoms with Gasteiger partial charge in [0.15, 0.2) is 0 Å². The Morgan fingerprint density at radius 2 is 2.54 bits per heavy atom. The number of nitrogens with zero attached hydrogens (tertiary/aromatic N) is 1. The molecule has 13 heavy (non-hydrogen) atoms. The molecule has 0 aliphatic carbocycles. The molecule has 1 rings (SSSR count). The zero-order chi connectivity index (χ0) is 9.68. The van der Waals surface area contributed by atoms with E-state index in [0.717, 1.165) is 0 Å². The molecule has 0 aromatic rings. The van der Waals surface area contributed by atoms with E-state index in [0.29, 0.717) is 19.7 Å². The van der Waals surface area contributed by atoms with Crippen molar-refractivity contribution in [2.24, 2.45) is 0 Å². The van der Waals surface area contributed by atoms with Gasteiger partial charge >= 0.3 is 6.09 Å². The van der Waals surface area contributed by atoms with E-state index in [1.54, 1.807) is 6.08 Å². The summed E-state index contributed by atoms with van der Waals surface area (Å²) in [6.45, 7) is 4.80. The second-order valence-corrected chi connectivity index (χ2v) is 2.63. The molecule has 0 spiro atoms. The molecule has 0 aromatic carbocycles. The minimum atomic E-state index is -0.422. The molecule has 2 amide bonds. The Balaban J connectivity index is 2.26. The van der Waals surface area contributed by atoms with Crippen molar-refractivity contribution in [2.75, 3.05) is 26.2 Å². The minimum absolute atomic E-state index is 0.0622. The van der Waals surface area contributed by atoms with Gasteiger partial charge in [-0.3, -0.25) is 9.69 Å². The highest BCUT2D eigenvalue weighted by Gasteiger charge is 2.23. The van der Waals surface area contributed by atoms with Gasteiger partial charge in [0.1, 0.15) is 13.2 Å². The molecule has 1 aliphatic rings. The summed E-state index contributed by atoms with van der Waals surface area (Å²) in [6.07, 6.45) is 1.16. The van der Waals surface area contributed by atoms with Gasteiger partial charge < -0.3 is 10.1 Å². The molecular formula is C8H12N2O3. The van der Waals surface area contributed by atoms with Crippen molar-refractivity contribution >= 4 is 12.0 Å². The quantitative estimate of drug-likeness (QED) is 0.612. The van der Waals surface area contributed by atoms with Crippen LogP contribution in [0, 0.1) is 0 Å². The SMILES string of the molecule is C=CCNC(=O)CN1CCOC1=O. The Labute approximate surface area is 76.3 Å². The molecule has 1 aliphatic heterocycles. The van der Waals surface area contributed by atoms with Crippen molar-refractivity contribution in [3.63, 3.8) is 0 Å². The first-order chi connectivity index (χ1) is 6.24. The fourth-order valence-electron chi connectivity index (χ4n) is 0.985. The van der Waals surface area contributed by atoms with Crippen LogP contribution in [0.25, 0.3) is 0 Å². The molecule has 0 radical (unpaired) electrons. The Bertz CT molecular complexity index is 227. The van der Waals surface area contributed by atoms with Crippen LogP contribution in [-0.4, -0.2) is 43.1 Å². The highest BCUT2D eigenvalue weighted by atomic mass is 16.6. The molecular weight excluding hydrogens is 172 g/mol. The molecule has 1 saturated heterocycles. The molecule has 0 unspecified atom stereocenters. The Morgan fingerprint density at radius 1 is 1.77 bits per heavy atom. The van der Waals surface area contributed by atoms with Gasteiger partial charge in [0.05, 0.1) is 6.54 Å². The van der Waals surface area contributed by atoms with E-state index in [-0.39, 0.29) is 12.5 Å². The number of rotatable bonds is 4. The van der Waals surface area contributed by atoms with Crippen LogP contribution in [0.3, 0.4) is 0 Å². The van der Waals surface area contributed by atoms with Crippen LogP contribution in [0.5, 0.6) is 0 Å². The first-order valence-corrected chi connectivity index (χ1v) is 4.03. The zero-order valence-corrected chi connectivity index (χ0v) is 7.28. The molecule has 1 heterocycles. The van der Waals surface area contributed by atoms with Crippen molar-refractivity contribution < 1.29 is 14.3 Å². The van der Waals surface area contributed by atoms with Gasteiger partial charge in [-0.2, -0.15) is 0 Å². The van der Waals surface area contributed by atoms with E-state index in [9.17, 15) is 9.59 Å². The summed E-state index contributed by atoms with van der Waals surface area (Å²) in [6, 6.07) is 0. The number of ether oxygens (including phenoxy) is 1. The lowest BCUT2D eigenvalue weighted by Gasteiger charge is -2.11. The van der Waals surface area contributed by atoms with Gasteiger partial charge in [-0.1, -0.05) is 6.08 Å². The van der Waals surface area contributed by atoms with Crippen LogP contribution < -0.4 is 5.32 Å². The highest BCUT2D eigenvalue weighted by Crippen LogP contribution is 2.01. The van der Waals surface area contributed by atoms with E-state index in [4.69, 9.17) is 0 Å². The fourth-order valence-corrected chi connectivity index (χ4v) is 0.985. The molecule has 1 N–H and O–H groups in total. The van der Waals surface area contributed by atoms with Gasteiger partial charge in [-0.05, 0) is 0 Å². The molecule has 72 valence electrons. The average Bonchev–Trinajstić information content (AvgIpc) is 2.48. The minimum Gasteiger partial charge on any atom is -0.448 e. The summed E-state index contributed by atoms with van der Waals surface area (Å²) in [5.41, 5.74) is 0. The number of hydrogen-bond donors (Lipinski definition) is 1. The van der Waals surface area contributed by atoms with Gasteiger partial charge in [0.25, 0.3) is 0 Å². The van der Waals surface area contributed by atoms with Crippen LogP contribution in [0.15, 0.2) is 12.7 Å². The second-order valence-electron chi connectivity index (χ2n) is 2.63. The maximum absolute atomic E-state index is 11.1. The van der Waals surface area contributed by atoms with Crippen LogP contribution in [-0.2, 0) is 9.53 Å². The van der Waals surface area contributed by atoms with Gasteiger partial charge in [0, 0.05) is 6.54 Å². The molecule has 0 atom stereocenters. The lowest BCUT2D eigenvalue weighted by atomic mass is 10.5. The maximum atomic E-state index is 11.1. The van der Waals surface area contributed by atoms with Crippen LogP contribution in [0.4, 0.5) is 4.79 Å². The summed E-state index contributed by atoms with van der Waals surface area (Å²) >= 11 is 0. The summed E-state index contributed by atoms with van der Waals surface area (Å²) < 4.78 is 4.66. The molecule has 0 aromatic heterocycles. The topological polar surface area (TPSA) is 58.6 Å². The van der Waals surface area contributed by atoms with Crippen molar-refractivity contribution in [1.29, 1.82) is 0 Å². The van der Waals surface area contributed by atoms with E-state index in [2.05, 4.69) is 16.6 Å². The smallest absolute Gasteiger partial charge is 0.410 e. The fraction of sp³-hybridized carbons (Fsp3) is 0.500. The van der Waals surface area contributed by atoms with Crippen molar-refractivity contribution in [3.8, 4) is 0 Å². The normalized spacial score (nSPS) is 15.4. The molecule has 5 heteroatoms. The lowest BCUT2D eigenvalue weighted by Crippen LogP contribution is -2.37. The number of hydrogen-bond acceptors (Lipinski definition) is 3. The van der Waals surface area contributed by atoms with Crippen molar-refractivity contribution in [2.45, 2.75) is 0 Å². The summed E-state index contributed by atoms with van der Waals surface area (Å²) in [5.74, 6) is -0.196. The lowest BCUT2D eigenvalue weighted by molar-refractivity contribution is -0.121. The number of cyclic esters (lactones) is 1. The summed E-state index contributed by atoms with van der Waals surface area (Å²) in [4.78, 5) is 23.3.